The van der Waals surface area contributed by atoms with Crippen molar-refractivity contribution in [2.45, 2.75) is 38.8 Å². The maximum absolute atomic E-state index is 4.29. The molecule has 0 radical (unpaired) electrons. The Kier molecular flexibility index (Phi) is 8.58. The fourth-order valence-corrected chi connectivity index (χ4v) is 3.47. The third-order valence-electron chi connectivity index (χ3n) is 3.56. The molecule has 21 heavy (non-hydrogen) atoms. The zero-order valence-electron chi connectivity index (χ0n) is 13.1. The molecule has 2 N–H and O–H groups in total. The van der Waals surface area contributed by atoms with Crippen LogP contribution in [-0.2, 0) is 0 Å². The van der Waals surface area contributed by atoms with Gasteiger partial charge in [-0.3, -0.25) is 9.89 Å². The van der Waals surface area contributed by atoms with E-state index in [1.165, 1.54) is 30.8 Å². The fourth-order valence-electron chi connectivity index (χ4n) is 2.61. The molecule has 1 unspecified atom stereocenters. The highest BCUT2D eigenvalue weighted by molar-refractivity contribution is 14.0. The third-order valence-corrected chi connectivity index (χ3v) is 4.54. The lowest BCUT2D eigenvalue weighted by atomic mass is 10.2. The van der Waals surface area contributed by atoms with Gasteiger partial charge in [0.2, 0.25) is 0 Å². The van der Waals surface area contributed by atoms with E-state index >= 15 is 0 Å². The summed E-state index contributed by atoms with van der Waals surface area (Å²) < 4.78 is 0. The number of guanidine groups is 1. The number of halogens is 1. The number of hydrogen-bond donors (Lipinski definition) is 2. The lowest BCUT2D eigenvalue weighted by Crippen LogP contribution is -2.44. The molecular formula is C15H27IN4S. The van der Waals surface area contributed by atoms with Gasteiger partial charge in [0.25, 0.3) is 0 Å². The molecule has 1 saturated heterocycles. The highest BCUT2D eigenvalue weighted by Crippen LogP contribution is 2.27. The first-order valence-electron chi connectivity index (χ1n) is 7.45. The highest BCUT2D eigenvalue weighted by Gasteiger charge is 2.24. The number of nitrogens with one attached hydrogen (secondary N) is 2. The van der Waals surface area contributed by atoms with Crippen molar-refractivity contribution in [2.24, 2.45) is 4.99 Å². The number of nitrogens with zero attached hydrogens (tertiary/aromatic N) is 2. The predicted octanol–water partition coefficient (Wildman–Crippen LogP) is 3.08. The van der Waals surface area contributed by atoms with Crippen molar-refractivity contribution in [3.05, 3.63) is 22.4 Å². The van der Waals surface area contributed by atoms with Crippen LogP contribution in [0.3, 0.4) is 0 Å². The first-order chi connectivity index (χ1) is 9.70. The summed E-state index contributed by atoms with van der Waals surface area (Å²) in [6, 6.07) is 5.24. The first-order valence-corrected chi connectivity index (χ1v) is 8.33. The van der Waals surface area contributed by atoms with Crippen molar-refractivity contribution in [1.82, 2.24) is 15.5 Å². The van der Waals surface area contributed by atoms with E-state index in [9.17, 15) is 0 Å². The SMILES string of the molecule is CN=C(NCC(c1cccs1)N1CCCC1)NC(C)C.I. The first kappa shape index (κ1) is 18.7. The molecule has 4 nitrogen and oxygen atoms in total. The number of likely N-dealkylation sites (tertiary alicyclic amines) is 1. The van der Waals surface area contributed by atoms with Gasteiger partial charge in [0.1, 0.15) is 0 Å². The van der Waals surface area contributed by atoms with Crippen LogP contribution in [0.1, 0.15) is 37.6 Å². The Bertz CT molecular complexity index is 413. The molecule has 0 amide bonds. The quantitative estimate of drug-likeness (QED) is 0.435. The minimum Gasteiger partial charge on any atom is -0.354 e. The Morgan fingerprint density at radius 2 is 2.10 bits per heavy atom. The zero-order valence-corrected chi connectivity index (χ0v) is 16.3. The smallest absolute Gasteiger partial charge is 0.191 e. The number of thiophene rings is 1. The van der Waals surface area contributed by atoms with Crippen molar-refractivity contribution >= 4 is 41.3 Å². The second kappa shape index (κ2) is 9.63. The van der Waals surface area contributed by atoms with E-state index in [1.807, 2.05) is 18.4 Å². The van der Waals surface area contributed by atoms with Crippen LogP contribution in [0.25, 0.3) is 0 Å². The van der Waals surface area contributed by atoms with Gasteiger partial charge in [0.15, 0.2) is 5.96 Å². The van der Waals surface area contributed by atoms with Crippen LogP contribution < -0.4 is 10.6 Å². The summed E-state index contributed by atoms with van der Waals surface area (Å²) in [5, 5.41) is 8.98. The summed E-state index contributed by atoms with van der Waals surface area (Å²) in [5.74, 6) is 0.890. The molecule has 1 aromatic rings. The van der Waals surface area contributed by atoms with Gasteiger partial charge in [-0.15, -0.1) is 35.3 Å². The van der Waals surface area contributed by atoms with Gasteiger partial charge in [0, 0.05) is 24.5 Å². The van der Waals surface area contributed by atoms with Gasteiger partial charge in [-0.2, -0.15) is 0 Å². The molecular weight excluding hydrogens is 395 g/mol. The lowest BCUT2D eigenvalue weighted by Gasteiger charge is -2.28. The van der Waals surface area contributed by atoms with E-state index in [2.05, 4.69) is 51.9 Å². The van der Waals surface area contributed by atoms with E-state index in [0.29, 0.717) is 12.1 Å². The van der Waals surface area contributed by atoms with Crippen LogP contribution in [0.5, 0.6) is 0 Å². The monoisotopic (exact) mass is 422 g/mol. The molecule has 1 aliphatic rings. The highest BCUT2D eigenvalue weighted by atomic mass is 127. The van der Waals surface area contributed by atoms with Crippen LogP contribution in [-0.4, -0.2) is 43.6 Å². The minimum atomic E-state index is 0. The molecule has 2 heterocycles. The molecule has 120 valence electrons. The molecule has 0 spiro atoms. The second-order valence-corrected chi connectivity index (χ2v) is 6.51. The van der Waals surface area contributed by atoms with Crippen LogP contribution in [0.2, 0.25) is 0 Å². The molecule has 1 fully saturated rings. The van der Waals surface area contributed by atoms with E-state index in [0.717, 1.165) is 12.5 Å². The normalized spacial score (nSPS) is 17.6. The van der Waals surface area contributed by atoms with Gasteiger partial charge in [0.05, 0.1) is 6.04 Å². The molecule has 0 aliphatic carbocycles. The van der Waals surface area contributed by atoms with Gasteiger partial charge < -0.3 is 10.6 Å². The standard InChI is InChI=1S/C15H26N4S.HI/c1-12(2)18-15(16-3)17-11-13(14-7-6-10-20-14)19-8-4-5-9-19;/h6-7,10,12-13H,4-5,8-9,11H2,1-3H3,(H2,16,17,18);1H. The molecule has 0 aromatic carbocycles. The third kappa shape index (κ3) is 5.75. The van der Waals surface area contributed by atoms with Crippen molar-refractivity contribution in [1.29, 1.82) is 0 Å². The van der Waals surface area contributed by atoms with Crippen molar-refractivity contribution in [3.63, 3.8) is 0 Å². The van der Waals surface area contributed by atoms with Gasteiger partial charge in [-0.25, -0.2) is 0 Å². The minimum absolute atomic E-state index is 0. The maximum atomic E-state index is 4.29. The van der Waals surface area contributed by atoms with E-state index < -0.39 is 0 Å². The van der Waals surface area contributed by atoms with Gasteiger partial charge >= 0.3 is 0 Å². The summed E-state index contributed by atoms with van der Waals surface area (Å²) in [7, 11) is 1.83. The van der Waals surface area contributed by atoms with E-state index in [-0.39, 0.29) is 24.0 Å². The lowest BCUT2D eigenvalue weighted by molar-refractivity contribution is 0.249. The summed E-state index contributed by atoms with van der Waals surface area (Å²) >= 11 is 1.85. The second-order valence-electron chi connectivity index (χ2n) is 5.53. The van der Waals surface area contributed by atoms with Crippen LogP contribution in [0.15, 0.2) is 22.5 Å². The average molecular weight is 422 g/mol. The molecule has 0 bridgehead atoms. The largest absolute Gasteiger partial charge is 0.354 e. The Hall–Kier alpha value is -0.340. The molecule has 1 aliphatic heterocycles. The maximum Gasteiger partial charge on any atom is 0.191 e. The van der Waals surface area contributed by atoms with Crippen molar-refractivity contribution in [2.75, 3.05) is 26.7 Å². The topological polar surface area (TPSA) is 39.7 Å². The molecule has 1 aromatic heterocycles. The van der Waals surface area contributed by atoms with E-state index in [1.54, 1.807) is 0 Å². The number of rotatable bonds is 5. The Morgan fingerprint density at radius 3 is 2.62 bits per heavy atom. The van der Waals surface area contributed by atoms with Crippen molar-refractivity contribution < 1.29 is 0 Å². The van der Waals surface area contributed by atoms with Crippen LogP contribution >= 0.6 is 35.3 Å². The molecule has 2 rings (SSSR count). The van der Waals surface area contributed by atoms with Crippen molar-refractivity contribution in [3.8, 4) is 0 Å². The molecule has 0 saturated carbocycles. The average Bonchev–Trinajstić information content (AvgIpc) is 3.10. The Labute approximate surface area is 149 Å². The predicted molar refractivity (Wildman–Crippen MR) is 103 cm³/mol. The van der Waals surface area contributed by atoms with Crippen LogP contribution in [0.4, 0.5) is 0 Å². The Balaban J connectivity index is 0.00000220. The van der Waals surface area contributed by atoms with E-state index in [4.69, 9.17) is 0 Å². The van der Waals surface area contributed by atoms with Gasteiger partial charge in [-0.05, 0) is 51.2 Å². The summed E-state index contributed by atoms with van der Waals surface area (Å²) in [6.45, 7) is 7.59. The summed E-state index contributed by atoms with van der Waals surface area (Å²) in [5.41, 5.74) is 0. The molecule has 1 atom stereocenters. The summed E-state index contributed by atoms with van der Waals surface area (Å²) in [4.78, 5) is 8.32. The number of hydrogen-bond acceptors (Lipinski definition) is 3. The van der Waals surface area contributed by atoms with Gasteiger partial charge in [-0.1, -0.05) is 6.07 Å². The summed E-state index contributed by atoms with van der Waals surface area (Å²) in [6.07, 6.45) is 2.64. The Morgan fingerprint density at radius 1 is 1.38 bits per heavy atom. The fraction of sp³-hybridized carbons (Fsp3) is 0.667. The molecule has 6 heteroatoms. The van der Waals surface area contributed by atoms with Crippen LogP contribution in [0, 0.1) is 0 Å². The zero-order chi connectivity index (χ0) is 14.4. The number of aliphatic imine (C=N–C) groups is 1.